The lowest BCUT2D eigenvalue weighted by molar-refractivity contribution is -0.135. The van der Waals surface area contributed by atoms with Gasteiger partial charge in [-0.2, -0.15) is 0 Å². The number of carboxylic acid groups (broad SMARTS) is 1. The first-order chi connectivity index (χ1) is 6.59. The fourth-order valence-corrected chi connectivity index (χ4v) is 1.21. The Balaban J connectivity index is 2.76. The maximum Gasteiger partial charge on any atom is 0.307 e. The van der Waals surface area contributed by atoms with Gasteiger partial charge in [0.05, 0.1) is 17.1 Å². The topological polar surface area (TPSA) is 50.2 Å². The third-order valence-electron chi connectivity index (χ3n) is 1.65. The van der Waals surface area contributed by atoms with Crippen molar-refractivity contribution in [2.45, 2.75) is 13.3 Å². The van der Waals surface area contributed by atoms with Crippen LogP contribution in [0, 0.1) is 6.92 Å². The molecule has 0 saturated carbocycles. The van der Waals surface area contributed by atoms with Gasteiger partial charge in [-0.3, -0.25) is 9.78 Å². The molecule has 0 amide bonds. The van der Waals surface area contributed by atoms with Crippen LogP contribution >= 0.6 is 11.6 Å². The third kappa shape index (κ3) is 3.18. The minimum Gasteiger partial charge on any atom is -0.481 e. The minimum absolute atomic E-state index is 0.00372. The normalized spacial score (nSPS) is 10.7. The summed E-state index contributed by atoms with van der Waals surface area (Å²) in [4.78, 5) is 14.3. The van der Waals surface area contributed by atoms with Crippen LogP contribution in [0.1, 0.15) is 17.7 Å². The molecule has 1 heterocycles. The van der Waals surface area contributed by atoms with E-state index in [9.17, 15) is 4.79 Å². The maximum atomic E-state index is 10.2. The van der Waals surface area contributed by atoms with E-state index in [1.807, 2.05) is 6.92 Å². The molecule has 0 saturated heterocycles. The van der Waals surface area contributed by atoms with E-state index >= 15 is 0 Å². The monoisotopic (exact) mass is 211 g/mol. The Morgan fingerprint density at radius 3 is 3.00 bits per heavy atom. The molecule has 0 aliphatic heterocycles. The molecule has 1 rings (SSSR count). The van der Waals surface area contributed by atoms with Crippen molar-refractivity contribution in [2.24, 2.45) is 0 Å². The zero-order chi connectivity index (χ0) is 10.6. The number of hydrogen-bond acceptors (Lipinski definition) is 2. The fourth-order valence-electron chi connectivity index (χ4n) is 0.997. The predicted molar refractivity (Wildman–Crippen MR) is 55.3 cm³/mol. The van der Waals surface area contributed by atoms with Crippen LogP contribution in [0.15, 0.2) is 18.3 Å². The number of rotatable bonds is 3. The zero-order valence-electron chi connectivity index (χ0n) is 7.70. The Morgan fingerprint density at radius 1 is 1.71 bits per heavy atom. The van der Waals surface area contributed by atoms with Crippen molar-refractivity contribution < 1.29 is 9.90 Å². The van der Waals surface area contributed by atoms with Crippen LogP contribution in [0.4, 0.5) is 0 Å². The van der Waals surface area contributed by atoms with E-state index in [4.69, 9.17) is 16.7 Å². The molecule has 0 aliphatic carbocycles. The summed E-state index contributed by atoms with van der Waals surface area (Å²) in [6.45, 7) is 1.87. The second kappa shape index (κ2) is 4.77. The van der Waals surface area contributed by atoms with E-state index in [1.165, 1.54) is 6.20 Å². The quantitative estimate of drug-likeness (QED) is 0.836. The number of carboxylic acids is 1. The molecule has 0 bridgehead atoms. The number of halogens is 1. The van der Waals surface area contributed by atoms with Crippen molar-refractivity contribution in [3.8, 4) is 0 Å². The molecule has 0 radical (unpaired) electrons. The largest absolute Gasteiger partial charge is 0.481 e. The summed E-state index contributed by atoms with van der Waals surface area (Å²) in [5.74, 6) is -0.854. The fraction of sp³-hybridized carbons (Fsp3) is 0.200. The highest BCUT2D eigenvalue weighted by atomic mass is 35.5. The first-order valence-electron chi connectivity index (χ1n) is 4.10. The number of aryl methyl sites for hydroxylation is 1. The van der Waals surface area contributed by atoms with Gasteiger partial charge < -0.3 is 5.11 Å². The SMILES string of the molecule is Cc1cc(Cl)cnc1C=CCC(=O)O. The molecule has 0 fully saturated rings. The van der Waals surface area contributed by atoms with Crippen LogP contribution in [0.25, 0.3) is 6.08 Å². The number of pyridine rings is 1. The number of aromatic nitrogens is 1. The summed E-state index contributed by atoms with van der Waals surface area (Å²) in [6.07, 6.45) is 4.78. The van der Waals surface area contributed by atoms with Gasteiger partial charge in [0.15, 0.2) is 0 Å². The highest BCUT2D eigenvalue weighted by Gasteiger charge is 1.97. The molecule has 1 N–H and O–H groups in total. The van der Waals surface area contributed by atoms with Crippen molar-refractivity contribution in [3.63, 3.8) is 0 Å². The number of hydrogen-bond donors (Lipinski definition) is 1. The van der Waals surface area contributed by atoms with Gasteiger partial charge in [-0.1, -0.05) is 17.7 Å². The van der Waals surface area contributed by atoms with Gasteiger partial charge >= 0.3 is 5.97 Å². The van der Waals surface area contributed by atoms with Crippen LogP contribution in [-0.4, -0.2) is 16.1 Å². The van der Waals surface area contributed by atoms with E-state index in [0.29, 0.717) is 5.02 Å². The molecule has 1 aromatic rings. The second-order valence-corrected chi connectivity index (χ2v) is 3.29. The summed E-state index contributed by atoms with van der Waals surface area (Å²) in [5, 5.41) is 8.99. The van der Waals surface area contributed by atoms with Crippen molar-refractivity contribution in [1.82, 2.24) is 4.98 Å². The van der Waals surface area contributed by atoms with Crippen molar-refractivity contribution in [3.05, 3.63) is 34.6 Å². The molecule has 0 aliphatic rings. The summed E-state index contributed by atoms with van der Waals surface area (Å²) < 4.78 is 0. The Kier molecular flexibility index (Phi) is 3.65. The zero-order valence-corrected chi connectivity index (χ0v) is 8.45. The lowest BCUT2D eigenvalue weighted by Gasteiger charge is -1.98. The van der Waals surface area contributed by atoms with Crippen LogP contribution in [0.2, 0.25) is 5.02 Å². The average Bonchev–Trinajstić information content (AvgIpc) is 2.08. The van der Waals surface area contributed by atoms with E-state index < -0.39 is 5.97 Å². The van der Waals surface area contributed by atoms with Crippen LogP contribution in [0.5, 0.6) is 0 Å². The number of nitrogens with zero attached hydrogens (tertiary/aromatic N) is 1. The maximum absolute atomic E-state index is 10.2. The van der Waals surface area contributed by atoms with Crippen LogP contribution < -0.4 is 0 Å². The first kappa shape index (κ1) is 10.7. The van der Waals surface area contributed by atoms with Crippen LogP contribution in [0.3, 0.4) is 0 Å². The molecule has 4 heteroatoms. The lowest BCUT2D eigenvalue weighted by atomic mass is 10.2. The summed E-state index contributed by atoms with van der Waals surface area (Å²) >= 11 is 5.72. The van der Waals surface area contributed by atoms with Gasteiger partial charge in [0.2, 0.25) is 0 Å². The molecule has 74 valence electrons. The molecule has 0 atom stereocenters. The Labute approximate surface area is 87.0 Å². The van der Waals surface area contributed by atoms with E-state index in [2.05, 4.69) is 4.98 Å². The molecular formula is C10H10ClNO2. The van der Waals surface area contributed by atoms with Crippen LogP contribution in [-0.2, 0) is 4.79 Å². The Hall–Kier alpha value is -1.35. The molecule has 0 unspecified atom stereocenters. The third-order valence-corrected chi connectivity index (χ3v) is 1.86. The van der Waals surface area contributed by atoms with Crippen molar-refractivity contribution >= 4 is 23.6 Å². The Bertz CT molecular complexity index is 374. The molecular weight excluding hydrogens is 202 g/mol. The number of aliphatic carboxylic acids is 1. The highest BCUT2D eigenvalue weighted by Crippen LogP contribution is 2.13. The van der Waals surface area contributed by atoms with Crippen molar-refractivity contribution in [1.29, 1.82) is 0 Å². The average molecular weight is 212 g/mol. The van der Waals surface area contributed by atoms with Gasteiger partial charge in [-0.15, -0.1) is 0 Å². The van der Waals surface area contributed by atoms with Gasteiger partial charge in [0.25, 0.3) is 0 Å². The molecule has 3 nitrogen and oxygen atoms in total. The van der Waals surface area contributed by atoms with Crippen molar-refractivity contribution in [2.75, 3.05) is 0 Å². The van der Waals surface area contributed by atoms with Gasteiger partial charge in [0, 0.05) is 6.20 Å². The highest BCUT2D eigenvalue weighted by molar-refractivity contribution is 6.30. The predicted octanol–water partition coefficient (Wildman–Crippen LogP) is 2.53. The lowest BCUT2D eigenvalue weighted by Crippen LogP contribution is -1.91. The Morgan fingerprint density at radius 2 is 2.43 bits per heavy atom. The smallest absolute Gasteiger partial charge is 0.307 e. The van der Waals surface area contributed by atoms with E-state index in [1.54, 1.807) is 18.2 Å². The summed E-state index contributed by atoms with van der Waals surface area (Å²) in [6, 6.07) is 1.79. The van der Waals surface area contributed by atoms with E-state index in [0.717, 1.165) is 11.3 Å². The molecule has 0 spiro atoms. The molecule has 14 heavy (non-hydrogen) atoms. The first-order valence-corrected chi connectivity index (χ1v) is 4.48. The summed E-state index contributed by atoms with van der Waals surface area (Å²) in [7, 11) is 0. The van der Waals surface area contributed by atoms with Gasteiger partial charge in [0.1, 0.15) is 0 Å². The number of carbonyl (C=O) groups is 1. The second-order valence-electron chi connectivity index (χ2n) is 2.86. The summed E-state index contributed by atoms with van der Waals surface area (Å²) in [5.41, 5.74) is 1.68. The molecule has 0 aromatic carbocycles. The van der Waals surface area contributed by atoms with E-state index in [-0.39, 0.29) is 6.42 Å². The standard InChI is InChI=1S/C10H10ClNO2/c1-7-5-8(11)6-12-9(7)3-2-4-10(13)14/h2-3,5-6H,4H2,1H3,(H,13,14). The van der Waals surface area contributed by atoms with Gasteiger partial charge in [-0.05, 0) is 24.6 Å². The van der Waals surface area contributed by atoms with Gasteiger partial charge in [-0.25, -0.2) is 0 Å². The molecule has 1 aromatic heterocycles. The minimum atomic E-state index is -0.854.